The number of hydrogen-bond acceptors (Lipinski definition) is 6. The monoisotopic (exact) mass is 328 g/mol. The third-order valence-corrected chi connectivity index (χ3v) is 4.88. The molecule has 0 aliphatic carbocycles. The average molecular weight is 328 g/mol. The van der Waals surface area contributed by atoms with Crippen LogP contribution >= 0.6 is 0 Å². The van der Waals surface area contributed by atoms with Crippen molar-refractivity contribution in [2.45, 2.75) is 26.3 Å². The Balaban J connectivity index is 1.51. The summed E-state index contributed by atoms with van der Waals surface area (Å²) in [7, 11) is 0. The minimum absolute atomic E-state index is 0.760. The van der Waals surface area contributed by atoms with Gasteiger partial charge in [-0.3, -0.25) is 4.90 Å². The van der Waals surface area contributed by atoms with Gasteiger partial charge in [0, 0.05) is 38.3 Å². The third-order valence-electron chi connectivity index (χ3n) is 4.88. The van der Waals surface area contributed by atoms with Crippen LogP contribution in [0.3, 0.4) is 0 Å². The van der Waals surface area contributed by atoms with Crippen LogP contribution in [0.4, 0.5) is 5.95 Å². The zero-order chi connectivity index (χ0) is 16.4. The quantitative estimate of drug-likeness (QED) is 0.857. The van der Waals surface area contributed by atoms with Gasteiger partial charge in [0.2, 0.25) is 5.95 Å². The molecule has 0 aromatic carbocycles. The molecule has 0 bridgehead atoms. The molecule has 6 heteroatoms. The molecular weight excluding hydrogens is 304 g/mol. The van der Waals surface area contributed by atoms with Crippen molar-refractivity contribution < 1.29 is 9.15 Å². The smallest absolute Gasteiger partial charge is 0.225 e. The number of fused-ring (bicyclic) bond motifs is 1. The Bertz CT molecular complexity index is 681. The van der Waals surface area contributed by atoms with E-state index < -0.39 is 0 Å². The number of hydrogen-bond donors (Lipinski definition) is 0. The van der Waals surface area contributed by atoms with Crippen molar-refractivity contribution >= 4 is 5.95 Å². The van der Waals surface area contributed by atoms with Crippen LogP contribution in [0.15, 0.2) is 22.8 Å². The van der Waals surface area contributed by atoms with Gasteiger partial charge in [-0.2, -0.15) is 0 Å². The molecule has 6 nitrogen and oxygen atoms in total. The molecule has 0 atom stereocenters. The molecule has 0 radical (unpaired) electrons. The van der Waals surface area contributed by atoms with Crippen LogP contribution in [0.1, 0.15) is 22.7 Å². The van der Waals surface area contributed by atoms with Crippen LogP contribution in [-0.2, 0) is 24.1 Å². The Morgan fingerprint density at radius 2 is 1.92 bits per heavy atom. The van der Waals surface area contributed by atoms with Crippen molar-refractivity contribution in [1.29, 1.82) is 0 Å². The summed E-state index contributed by atoms with van der Waals surface area (Å²) in [6.07, 6.45) is 3.72. The number of anilines is 1. The van der Waals surface area contributed by atoms with E-state index in [1.165, 1.54) is 11.3 Å². The van der Waals surface area contributed by atoms with Gasteiger partial charge in [-0.15, -0.1) is 0 Å². The molecule has 1 saturated heterocycles. The first kappa shape index (κ1) is 15.6. The molecule has 0 amide bonds. The first-order valence-corrected chi connectivity index (χ1v) is 8.73. The highest BCUT2D eigenvalue weighted by Gasteiger charge is 2.21. The lowest BCUT2D eigenvalue weighted by atomic mass is 10.1. The van der Waals surface area contributed by atoms with Gasteiger partial charge in [-0.05, 0) is 31.0 Å². The summed E-state index contributed by atoms with van der Waals surface area (Å²) in [5.74, 6) is 1.90. The number of nitrogens with zero attached hydrogens (tertiary/aromatic N) is 4. The number of aromatic nitrogens is 2. The molecule has 4 rings (SSSR count). The third kappa shape index (κ3) is 3.30. The minimum Gasteiger partial charge on any atom is -0.468 e. The van der Waals surface area contributed by atoms with E-state index >= 15 is 0 Å². The number of aryl methyl sites for hydroxylation is 1. The van der Waals surface area contributed by atoms with E-state index in [1.807, 2.05) is 12.1 Å². The van der Waals surface area contributed by atoms with Gasteiger partial charge in [0.25, 0.3) is 0 Å². The molecule has 1 fully saturated rings. The molecular formula is C18H24N4O2. The van der Waals surface area contributed by atoms with Crippen LogP contribution in [0.25, 0.3) is 0 Å². The fraction of sp³-hybridized carbons (Fsp3) is 0.556. The van der Waals surface area contributed by atoms with E-state index in [4.69, 9.17) is 19.1 Å². The number of ether oxygens (including phenoxy) is 1. The summed E-state index contributed by atoms with van der Waals surface area (Å²) in [4.78, 5) is 14.4. The van der Waals surface area contributed by atoms with Crippen molar-refractivity contribution in [2.24, 2.45) is 0 Å². The highest BCUT2D eigenvalue weighted by atomic mass is 16.5. The molecule has 2 aromatic heterocycles. The lowest BCUT2D eigenvalue weighted by Gasteiger charge is -2.27. The molecule has 4 heterocycles. The molecule has 2 aliphatic heterocycles. The average Bonchev–Trinajstić information content (AvgIpc) is 3.03. The Hall–Kier alpha value is -1.92. The normalized spacial score (nSPS) is 19.1. The van der Waals surface area contributed by atoms with Crippen LogP contribution in [0.5, 0.6) is 0 Å². The second-order valence-corrected chi connectivity index (χ2v) is 6.49. The van der Waals surface area contributed by atoms with Gasteiger partial charge in [0.1, 0.15) is 5.76 Å². The van der Waals surface area contributed by atoms with Gasteiger partial charge in [0.15, 0.2) is 0 Å². The van der Waals surface area contributed by atoms with Crippen molar-refractivity contribution in [3.8, 4) is 0 Å². The Morgan fingerprint density at radius 3 is 2.71 bits per heavy atom. The molecule has 2 aliphatic rings. The summed E-state index contributed by atoms with van der Waals surface area (Å²) in [5.41, 5.74) is 3.67. The Kier molecular flexibility index (Phi) is 4.49. The summed E-state index contributed by atoms with van der Waals surface area (Å²) in [5, 5.41) is 0. The van der Waals surface area contributed by atoms with E-state index in [2.05, 4.69) is 16.7 Å². The maximum atomic E-state index is 5.49. The van der Waals surface area contributed by atoms with E-state index in [-0.39, 0.29) is 0 Å². The van der Waals surface area contributed by atoms with E-state index in [0.29, 0.717) is 0 Å². The van der Waals surface area contributed by atoms with Crippen LogP contribution in [0.2, 0.25) is 0 Å². The van der Waals surface area contributed by atoms with Crippen molar-refractivity contribution in [3.05, 3.63) is 41.1 Å². The largest absolute Gasteiger partial charge is 0.468 e. The van der Waals surface area contributed by atoms with Gasteiger partial charge in [-0.25, -0.2) is 9.97 Å². The number of rotatable bonds is 3. The van der Waals surface area contributed by atoms with E-state index in [9.17, 15) is 0 Å². The highest BCUT2D eigenvalue weighted by Crippen LogP contribution is 2.22. The van der Waals surface area contributed by atoms with Crippen molar-refractivity contribution in [2.75, 3.05) is 44.3 Å². The Labute approximate surface area is 142 Å². The predicted molar refractivity (Wildman–Crippen MR) is 91.2 cm³/mol. The predicted octanol–water partition coefficient (Wildman–Crippen LogP) is 1.82. The van der Waals surface area contributed by atoms with Gasteiger partial charge < -0.3 is 14.1 Å². The molecule has 0 saturated carbocycles. The van der Waals surface area contributed by atoms with E-state index in [1.54, 1.807) is 6.26 Å². The minimum atomic E-state index is 0.760. The summed E-state index contributed by atoms with van der Waals surface area (Å²) >= 11 is 0. The molecule has 128 valence electrons. The van der Waals surface area contributed by atoms with Gasteiger partial charge >= 0.3 is 0 Å². The molecule has 0 unspecified atom stereocenters. The van der Waals surface area contributed by atoms with Gasteiger partial charge in [-0.1, -0.05) is 0 Å². The highest BCUT2D eigenvalue weighted by molar-refractivity contribution is 5.38. The lowest BCUT2D eigenvalue weighted by Crippen LogP contribution is -2.37. The fourth-order valence-corrected chi connectivity index (χ4v) is 3.50. The second-order valence-electron chi connectivity index (χ2n) is 6.49. The molecule has 0 N–H and O–H groups in total. The van der Waals surface area contributed by atoms with Crippen LogP contribution < -0.4 is 4.90 Å². The van der Waals surface area contributed by atoms with Gasteiger partial charge in [0.05, 0.1) is 31.7 Å². The fourth-order valence-electron chi connectivity index (χ4n) is 3.50. The molecule has 24 heavy (non-hydrogen) atoms. The zero-order valence-corrected chi connectivity index (χ0v) is 14.2. The first-order valence-electron chi connectivity index (χ1n) is 8.73. The van der Waals surface area contributed by atoms with Crippen LogP contribution in [-0.4, -0.2) is 54.3 Å². The van der Waals surface area contributed by atoms with E-state index in [0.717, 1.165) is 76.2 Å². The first-order chi connectivity index (χ1) is 11.8. The maximum Gasteiger partial charge on any atom is 0.225 e. The van der Waals surface area contributed by atoms with Crippen molar-refractivity contribution in [3.63, 3.8) is 0 Å². The summed E-state index contributed by atoms with van der Waals surface area (Å²) in [6, 6.07) is 3.99. The number of morpholine rings is 1. The molecule has 2 aromatic rings. The Morgan fingerprint density at radius 1 is 1.08 bits per heavy atom. The molecule has 0 spiro atoms. The zero-order valence-electron chi connectivity index (χ0n) is 14.2. The summed E-state index contributed by atoms with van der Waals surface area (Å²) < 4.78 is 10.9. The van der Waals surface area contributed by atoms with Crippen LogP contribution in [0, 0.1) is 6.92 Å². The lowest BCUT2D eigenvalue weighted by molar-refractivity contribution is 0.122. The SMILES string of the molecule is Cc1nc(N2CCOCC2)nc2c1CCN(Cc1ccco1)CC2. The topological polar surface area (TPSA) is 54.6 Å². The maximum absolute atomic E-state index is 5.49. The summed E-state index contributed by atoms with van der Waals surface area (Å²) in [6.45, 7) is 8.29. The second kappa shape index (κ2) is 6.91. The standard InChI is InChI=1S/C18H24N4O2/c1-14-16-4-6-21(13-15-3-2-10-24-15)7-5-17(16)20-18(19-14)22-8-11-23-12-9-22/h2-3,10H,4-9,11-13H2,1H3. The van der Waals surface area contributed by atoms with Crippen molar-refractivity contribution in [1.82, 2.24) is 14.9 Å². The number of furan rings is 1.